The van der Waals surface area contributed by atoms with E-state index in [4.69, 9.17) is 14.2 Å². The molecule has 1 aliphatic heterocycles. The summed E-state index contributed by atoms with van der Waals surface area (Å²) >= 11 is 0. The molecule has 5 N–H and O–H groups in total. The Morgan fingerprint density at radius 2 is 1.17 bits per heavy atom. The quantitative estimate of drug-likeness (QED) is 0.0479. The minimum atomic E-state index is -1.61. The topological polar surface area (TPSA) is 271 Å². The molecule has 1 rings (SSSR count). The lowest BCUT2D eigenvalue weighted by molar-refractivity contribution is -0.156. The first kappa shape index (κ1) is 56.5. The Balaban J connectivity index is 3.46. The molecule has 64 heavy (non-hydrogen) atoms. The summed E-state index contributed by atoms with van der Waals surface area (Å²) in [5.74, 6) is -8.84. The standard InChI is InChI=1S/C44H72N6O14/c1-16-18-26(34(53)40(59)61-15)45-37(56)29-19-17-22-50(29)39(58)33(25(4)5)49-38(57)32(24(2)3)48-35(54)27(20-21-30(51)62-42(6,7)8)46-36(55)28(23-31(52)63-43(9,10)11)47-41(60)64-44(12,13)14/h16,24-29,32-33H,1,17-23H2,2-15H3,(H,45,56)(H,46,55)(H,47,60)(H,48,54)(H,49,57)/t26?,27-,28-,29-,32-,33-/m0/s1. The van der Waals surface area contributed by atoms with Gasteiger partial charge in [-0.25, -0.2) is 9.59 Å². The second-order valence-electron chi connectivity index (χ2n) is 19.3. The van der Waals surface area contributed by atoms with E-state index in [-0.39, 0.29) is 32.2 Å². The second kappa shape index (κ2) is 24.5. The fourth-order valence-corrected chi connectivity index (χ4v) is 6.34. The first-order valence-corrected chi connectivity index (χ1v) is 21.5. The lowest BCUT2D eigenvalue weighted by Gasteiger charge is -2.33. The molecule has 0 radical (unpaired) electrons. The maximum absolute atomic E-state index is 14.1. The largest absolute Gasteiger partial charge is 0.463 e. The molecule has 0 bridgehead atoms. The van der Waals surface area contributed by atoms with Crippen LogP contribution in [0.4, 0.5) is 4.79 Å². The number of carbonyl (C=O) groups excluding carboxylic acids is 10. The van der Waals surface area contributed by atoms with Crippen LogP contribution < -0.4 is 26.6 Å². The van der Waals surface area contributed by atoms with Gasteiger partial charge in [0.15, 0.2) is 0 Å². The van der Waals surface area contributed by atoms with Gasteiger partial charge in [0.1, 0.15) is 53.1 Å². The fourth-order valence-electron chi connectivity index (χ4n) is 6.34. The van der Waals surface area contributed by atoms with Gasteiger partial charge in [0, 0.05) is 13.0 Å². The summed E-state index contributed by atoms with van der Waals surface area (Å²) in [6.07, 6.45) is -0.479. The molecular weight excluding hydrogens is 837 g/mol. The minimum absolute atomic E-state index is 0.0749. The number of alkyl carbamates (subject to hydrolysis) is 1. The maximum atomic E-state index is 14.1. The van der Waals surface area contributed by atoms with Crippen molar-refractivity contribution in [2.45, 2.75) is 182 Å². The molecule has 6 amide bonds. The van der Waals surface area contributed by atoms with Gasteiger partial charge in [-0.05, 0) is 99.8 Å². The van der Waals surface area contributed by atoms with Gasteiger partial charge in [0.2, 0.25) is 29.5 Å². The average Bonchev–Trinajstić information content (AvgIpc) is 3.64. The molecule has 1 saturated heterocycles. The molecule has 1 unspecified atom stereocenters. The van der Waals surface area contributed by atoms with E-state index in [1.54, 1.807) is 90.0 Å². The van der Waals surface area contributed by atoms with E-state index < -0.39 is 131 Å². The van der Waals surface area contributed by atoms with Crippen molar-refractivity contribution < 1.29 is 66.9 Å². The fraction of sp³-hybridized carbons (Fsp3) is 0.727. The van der Waals surface area contributed by atoms with E-state index in [9.17, 15) is 47.9 Å². The summed E-state index contributed by atoms with van der Waals surface area (Å²) in [5, 5.41) is 12.7. The van der Waals surface area contributed by atoms with Crippen molar-refractivity contribution in [1.29, 1.82) is 0 Å². The summed E-state index contributed by atoms with van der Waals surface area (Å²) in [5.41, 5.74) is -2.80. The number of ether oxygens (including phenoxy) is 4. The van der Waals surface area contributed by atoms with Crippen molar-refractivity contribution in [3.05, 3.63) is 12.7 Å². The van der Waals surface area contributed by atoms with Crippen LogP contribution >= 0.6 is 0 Å². The molecular formula is C44H72N6O14. The van der Waals surface area contributed by atoms with Crippen LogP contribution in [0.25, 0.3) is 0 Å². The Kier molecular flexibility index (Phi) is 21.6. The highest BCUT2D eigenvalue weighted by Gasteiger charge is 2.42. The van der Waals surface area contributed by atoms with Crippen molar-refractivity contribution in [1.82, 2.24) is 31.5 Å². The highest BCUT2D eigenvalue weighted by molar-refractivity contribution is 6.36. The summed E-state index contributed by atoms with van der Waals surface area (Å²) in [6.45, 7) is 24.9. The smallest absolute Gasteiger partial charge is 0.408 e. The number of ketones is 1. The van der Waals surface area contributed by atoms with Gasteiger partial charge < -0.3 is 50.4 Å². The van der Waals surface area contributed by atoms with Crippen LogP contribution in [0.1, 0.15) is 129 Å². The number of nitrogens with one attached hydrogen (secondary N) is 5. The van der Waals surface area contributed by atoms with Gasteiger partial charge in [0.25, 0.3) is 5.78 Å². The molecule has 362 valence electrons. The summed E-state index contributed by atoms with van der Waals surface area (Å²) in [4.78, 5) is 134. The zero-order chi connectivity index (χ0) is 49.5. The van der Waals surface area contributed by atoms with Gasteiger partial charge in [0.05, 0.1) is 13.5 Å². The van der Waals surface area contributed by atoms with E-state index in [0.717, 1.165) is 7.11 Å². The van der Waals surface area contributed by atoms with E-state index in [0.29, 0.717) is 6.42 Å². The number of Topliss-reactive ketones (excluding diaryl/α,β-unsaturated/α-hetero) is 1. The Hall–Kier alpha value is -5.56. The number of hydrogen-bond donors (Lipinski definition) is 5. The van der Waals surface area contributed by atoms with E-state index in [2.05, 4.69) is 37.9 Å². The van der Waals surface area contributed by atoms with Crippen molar-refractivity contribution in [2.75, 3.05) is 13.7 Å². The lowest BCUT2D eigenvalue weighted by Crippen LogP contribution is -2.61. The molecule has 20 nitrogen and oxygen atoms in total. The summed E-state index contributed by atoms with van der Waals surface area (Å²) < 4.78 is 20.6. The molecule has 0 saturated carbocycles. The van der Waals surface area contributed by atoms with Gasteiger partial charge in [-0.2, -0.15) is 0 Å². The molecule has 0 aromatic carbocycles. The third-order valence-electron chi connectivity index (χ3n) is 9.23. The normalized spacial score (nSPS) is 16.5. The average molecular weight is 909 g/mol. The monoisotopic (exact) mass is 909 g/mol. The number of amides is 6. The Morgan fingerprint density at radius 3 is 1.67 bits per heavy atom. The molecule has 1 heterocycles. The van der Waals surface area contributed by atoms with E-state index >= 15 is 0 Å². The van der Waals surface area contributed by atoms with Gasteiger partial charge in [-0.1, -0.05) is 33.8 Å². The number of likely N-dealkylation sites (tertiary alicyclic amines) is 1. The minimum Gasteiger partial charge on any atom is -0.463 e. The van der Waals surface area contributed by atoms with Crippen molar-refractivity contribution >= 4 is 59.3 Å². The van der Waals surface area contributed by atoms with Gasteiger partial charge >= 0.3 is 24.0 Å². The van der Waals surface area contributed by atoms with Crippen molar-refractivity contribution in [3.63, 3.8) is 0 Å². The SMILES string of the molecule is C=CCC(NC(=O)[C@@H]1CCCN1C(=O)[C@@H](NC(=O)[C@@H](NC(=O)[C@H](CCC(=O)OC(C)(C)C)NC(=O)[C@H](CC(=O)OC(C)(C)C)NC(=O)OC(C)(C)C)C(C)C)C(C)C)C(=O)C(=O)OC. The van der Waals surface area contributed by atoms with Gasteiger partial charge in [-0.3, -0.25) is 38.4 Å². The highest BCUT2D eigenvalue weighted by atomic mass is 16.6. The van der Waals surface area contributed by atoms with Crippen LogP contribution in [0.2, 0.25) is 0 Å². The second-order valence-corrected chi connectivity index (χ2v) is 19.3. The number of esters is 3. The number of carbonyl (C=O) groups is 10. The third-order valence-corrected chi connectivity index (χ3v) is 9.23. The van der Waals surface area contributed by atoms with Crippen LogP contribution in [-0.4, -0.2) is 131 Å². The maximum Gasteiger partial charge on any atom is 0.408 e. The first-order valence-electron chi connectivity index (χ1n) is 21.5. The van der Waals surface area contributed by atoms with E-state index in [1.165, 1.54) is 11.0 Å². The number of rotatable bonds is 21. The number of hydrogen-bond acceptors (Lipinski definition) is 14. The molecule has 6 atom stereocenters. The predicted octanol–water partition coefficient (Wildman–Crippen LogP) is 2.29. The van der Waals surface area contributed by atoms with E-state index in [1.807, 2.05) is 0 Å². The predicted molar refractivity (Wildman–Crippen MR) is 233 cm³/mol. The number of nitrogens with zero attached hydrogens (tertiary/aromatic N) is 1. The van der Waals surface area contributed by atoms with Crippen LogP contribution in [-0.2, 0) is 62.1 Å². The molecule has 0 aliphatic carbocycles. The molecule has 0 aromatic heterocycles. The van der Waals surface area contributed by atoms with Crippen LogP contribution in [0.15, 0.2) is 12.7 Å². The first-order chi connectivity index (χ1) is 29.3. The molecule has 1 fully saturated rings. The van der Waals surface area contributed by atoms with Crippen LogP contribution in [0.3, 0.4) is 0 Å². The van der Waals surface area contributed by atoms with Crippen LogP contribution in [0.5, 0.6) is 0 Å². The summed E-state index contributed by atoms with van der Waals surface area (Å²) in [6, 6.07) is -7.97. The Bertz CT molecular complexity index is 1700. The zero-order valence-electron chi connectivity index (χ0n) is 40.0. The zero-order valence-corrected chi connectivity index (χ0v) is 40.0. The van der Waals surface area contributed by atoms with Gasteiger partial charge in [-0.15, -0.1) is 6.58 Å². The third kappa shape index (κ3) is 19.9. The van der Waals surface area contributed by atoms with Crippen LogP contribution in [0, 0.1) is 11.8 Å². The molecule has 0 aromatic rings. The lowest BCUT2D eigenvalue weighted by atomic mass is 9.98. The highest BCUT2D eigenvalue weighted by Crippen LogP contribution is 2.22. The Labute approximate surface area is 376 Å². The number of methoxy groups -OCH3 is 1. The molecule has 1 aliphatic rings. The summed E-state index contributed by atoms with van der Waals surface area (Å²) in [7, 11) is 1.03. The van der Waals surface area contributed by atoms with Crippen molar-refractivity contribution in [3.8, 4) is 0 Å². The Morgan fingerprint density at radius 1 is 0.656 bits per heavy atom. The molecule has 0 spiro atoms. The van der Waals surface area contributed by atoms with Crippen molar-refractivity contribution in [2.24, 2.45) is 11.8 Å². The molecule has 20 heteroatoms.